The Kier molecular flexibility index (Phi) is 6.75. The van der Waals surface area contributed by atoms with Gasteiger partial charge >= 0.3 is 0 Å². The molecule has 0 bridgehead atoms. The van der Waals surface area contributed by atoms with E-state index in [-0.39, 0.29) is 5.91 Å². The van der Waals surface area contributed by atoms with Crippen molar-refractivity contribution in [3.05, 3.63) is 63.6 Å². The number of ether oxygens (including phenoxy) is 1. The number of amides is 1. The quantitative estimate of drug-likeness (QED) is 0.730. The van der Waals surface area contributed by atoms with Gasteiger partial charge in [-0.25, -0.2) is 0 Å². The summed E-state index contributed by atoms with van der Waals surface area (Å²) in [5.41, 5.74) is 1.61. The molecule has 2 aromatic rings. The molecular weight excluding hydrogens is 333 g/mol. The number of rotatable bonds is 7. The second-order valence-corrected chi connectivity index (χ2v) is 5.84. The zero-order valence-electron chi connectivity index (χ0n) is 12.9. The summed E-state index contributed by atoms with van der Waals surface area (Å²) in [6, 6.07) is 12.8. The molecule has 0 aliphatic rings. The lowest BCUT2D eigenvalue weighted by molar-refractivity contribution is 0.0953. The number of hydrogen-bond donors (Lipinski definition) is 1. The lowest BCUT2D eigenvalue weighted by atomic mass is 10.1. The van der Waals surface area contributed by atoms with Crippen LogP contribution < -0.4 is 10.1 Å². The maximum Gasteiger partial charge on any atom is 0.251 e. The summed E-state index contributed by atoms with van der Waals surface area (Å²) < 4.78 is 5.35. The number of carbonyl (C=O) groups excluding carboxylic acids is 1. The number of nitrogens with one attached hydrogen (secondary N) is 1. The second-order valence-electron chi connectivity index (χ2n) is 5.03. The minimum Gasteiger partial charge on any atom is -0.492 e. The van der Waals surface area contributed by atoms with Gasteiger partial charge in [0.15, 0.2) is 0 Å². The van der Waals surface area contributed by atoms with Gasteiger partial charge in [-0.3, -0.25) is 4.79 Å². The van der Waals surface area contributed by atoms with Gasteiger partial charge in [-0.1, -0.05) is 41.4 Å². The van der Waals surface area contributed by atoms with Crippen molar-refractivity contribution in [1.82, 2.24) is 5.32 Å². The van der Waals surface area contributed by atoms with Crippen molar-refractivity contribution in [2.75, 3.05) is 13.2 Å². The van der Waals surface area contributed by atoms with Gasteiger partial charge < -0.3 is 10.1 Å². The third-order valence-corrected chi connectivity index (χ3v) is 4.02. The van der Waals surface area contributed by atoms with Crippen LogP contribution in [0.5, 0.6) is 5.75 Å². The highest BCUT2D eigenvalue weighted by molar-refractivity contribution is 6.32. The van der Waals surface area contributed by atoms with Crippen LogP contribution in [0.2, 0.25) is 10.0 Å². The van der Waals surface area contributed by atoms with Crippen LogP contribution in [-0.2, 0) is 6.42 Å². The van der Waals surface area contributed by atoms with E-state index in [1.54, 1.807) is 18.2 Å². The first-order valence-corrected chi connectivity index (χ1v) is 8.31. The topological polar surface area (TPSA) is 38.3 Å². The molecule has 3 nitrogen and oxygen atoms in total. The van der Waals surface area contributed by atoms with Crippen molar-refractivity contribution in [2.45, 2.75) is 19.8 Å². The second kappa shape index (κ2) is 8.80. The highest BCUT2D eigenvalue weighted by atomic mass is 35.5. The van der Waals surface area contributed by atoms with Gasteiger partial charge in [0, 0.05) is 17.1 Å². The minimum absolute atomic E-state index is 0.144. The number of aryl methyl sites for hydroxylation is 1. The molecule has 5 heteroatoms. The van der Waals surface area contributed by atoms with Gasteiger partial charge in [0.05, 0.1) is 11.6 Å². The van der Waals surface area contributed by atoms with Crippen LogP contribution in [0.3, 0.4) is 0 Å². The Bertz CT molecular complexity index is 674. The number of halogens is 2. The first-order valence-electron chi connectivity index (χ1n) is 7.55. The fourth-order valence-electron chi connectivity index (χ4n) is 2.20. The fraction of sp³-hybridized carbons (Fsp3) is 0.278. The fourth-order valence-corrected chi connectivity index (χ4v) is 2.66. The van der Waals surface area contributed by atoms with Crippen molar-refractivity contribution in [3.8, 4) is 5.75 Å². The number of carbonyl (C=O) groups is 1. The third-order valence-electron chi connectivity index (χ3n) is 3.36. The molecule has 0 atom stereocenters. The van der Waals surface area contributed by atoms with E-state index in [2.05, 4.69) is 5.32 Å². The molecule has 0 saturated heterocycles. The van der Waals surface area contributed by atoms with Crippen molar-refractivity contribution in [2.24, 2.45) is 0 Å². The molecule has 0 spiro atoms. The van der Waals surface area contributed by atoms with Crippen LogP contribution in [0.15, 0.2) is 42.5 Å². The van der Waals surface area contributed by atoms with Crippen LogP contribution in [0.4, 0.5) is 0 Å². The molecule has 2 aromatic carbocycles. The summed E-state index contributed by atoms with van der Waals surface area (Å²) >= 11 is 12.2. The molecule has 0 unspecified atom stereocenters. The van der Waals surface area contributed by atoms with Gasteiger partial charge in [-0.15, -0.1) is 0 Å². The normalized spacial score (nSPS) is 10.4. The predicted molar refractivity (Wildman–Crippen MR) is 94.7 cm³/mol. The molecule has 0 aliphatic carbocycles. The molecule has 23 heavy (non-hydrogen) atoms. The maximum absolute atomic E-state index is 12.1. The van der Waals surface area contributed by atoms with E-state index in [1.165, 1.54) is 0 Å². The molecule has 122 valence electrons. The van der Waals surface area contributed by atoms with Crippen molar-refractivity contribution >= 4 is 29.1 Å². The molecule has 1 N–H and O–H groups in total. The Morgan fingerprint density at radius 3 is 2.61 bits per heavy atom. The molecule has 0 heterocycles. The lowest BCUT2D eigenvalue weighted by Gasteiger charge is -2.09. The number of benzene rings is 2. The molecular formula is C18H19Cl2NO2. The van der Waals surface area contributed by atoms with Crippen molar-refractivity contribution in [1.29, 1.82) is 0 Å². The molecule has 1 amide bonds. The largest absolute Gasteiger partial charge is 0.492 e. The van der Waals surface area contributed by atoms with Crippen molar-refractivity contribution in [3.63, 3.8) is 0 Å². The zero-order chi connectivity index (χ0) is 16.7. The van der Waals surface area contributed by atoms with Crippen LogP contribution in [-0.4, -0.2) is 19.1 Å². The Morgan fingerprint density at radius 2 is 1.91 bits per heavy atom. The van der Waals surface area contributed by atoms with Gasteiger partial charge in [0.2, 0.25) is 0 Å². The Morgan fingerprint density at radius 1 is 1.13 bits per heavy atom. The SMILES string of the molecule is CCOc1ccc(C(=O)NCCCc2ccccc2Cl)cc1Cl. The van der Waals surface area contributed by atoms with Crippen LogP contribution in [0.1, 0.15) is 29.3 Å². The first-order chi connectivity index (χ1) is 11.1. The predicted octanol–water partition coefficient (Wildman–Crippen LogP) is 4.75. The smallest absolute Gasteiger partial charge is 0.251 e. The van der Waals surface area contributed by atoms with Crippen molar-refractivity contribution < 1.29 is 9.53 Å². The van der Waals surface area contributed by atoms with E-state index >= 15 is 0 Å². The van der Waals surface area contributed by atoms with Crippen LogP contribution >= 0.6 is 23.2 Å². The van der Waals surface area contributed by atoms with E-state index < -0.39 is 0 Å². The van der Waals surface area contributed by atoms with E-state index in [0.29, 0.717) is 29.5 Å². The third kappa shape index (κ3) is 5.15. The maximum atomic E-state index is 12.1. The lowest BCUT2D eigenvalue weighted by Crippen LogP contribution is -2.24. The van der Waals surface area contributed by atoms with Crippen LogP contribution in [0.25, 0.3) is 0 Å². The number of hydrogen-bond acceptors (Lipinski definition) is 2. The van der Waals surface area contributed by atoms with Gasteiger partial charge in [0.25, 0.3) is 5.91 Å². The molecule has 0 aliphatic heterocycles. The summed E-state index contributed by atoms with van der Waals surface area (Å²) in [5, 5.41) is 4.09. The summed E-state index contributed by atoms with van der Waals surface area (Å²) in [5.74, 6) is 0.443. The minimum atomic E-state index is -0.144. The average Bonchev–Trinajstić information content (AvgIpc) is 2.55. The first kappa shape index (κ1) is 17.6. The monoisotopic (exact) mass is 351 g/mol. The standard InChI is InChI=1S/C18H19Cl2NO2/c1-2-23-17-10-9-14(12-16(17)20)18(22)21-11-5-7-13-6-3-4-8-15(13)19/h3-4,6,8-10,12H,2,5,7,11H2,1H3,(H,21,22). The molecule has 0 fully saturated rings. The zero-order valence-corrected chi connectivity index (χ0v) is 14.5. The summed E-state index contributed by atoms with van der Waals surface area (Å²) in [6.07, 6.45) is 1.64. The molecule has 0 saturated carbocycles. The molecule has 0 aromatic heterocycles. The van der Waals surface area contributed by atoms with E-state index in [4.69, 9.17) is 27.9 Å². The molecule has 0 radical (unpaired) electrons. The summed E-state index contributed by atoms with van der Waals surface area (Å²) in [6.45, 7) is 3.00. The Balaban J connectivity index is 1.83. The van der Waals surface area contributed by atoms with E-state index in [9.17, 15) is 4.79 Å². The van der Waals surface area contributed by atoms with Gasteiger partial charge in [0.1, 0.15) is 5.75 Å². The molecule has 2 rings (SSSR count). The van der Waals surface area contributed by atoms with Gasteiger partial charge in [-0.05, 0) is 49.6 Å². The summed E-state index contributed by atoms with van der Waals surface area (Å²) in [4.78, 5) is 12.1. The highest BCUT2D eigenvalue weighted by Gasteiger charge is 2.09. The highest BCUT2D eigenvalue weighted by Crippen LogP contribution is 2.25. The van der Waals surface area contributed by atoms with Crippen LogP contribution in [0, 0.1) is 0 Å². The summed E-state index contributed by atoms with van der Waals surface area (Å²) in [7, 11) is 0. The van der Waals surface area contributed by atoms with E-state index in [1.807, 2.05) is 31.2 Å². The average molecular weight is 352 g/mol. The van der Waals surface area contributed by atoms with Gasteiger partial charge in [-0.2, -0.15) is 0 Å². The Labute approximate surface area is 146 Å². The van der Waals surface area contributed by atoms with E-state index in [0.717, 1.165) is 23.4 Å². The Hall–Kier alpha value is -1.71.